The Morgan fingerprint density at radius 3 is 2.80 bits per heavy atom. The standard InChI is InChI=1S/C16H23N3O4S2/c1-3-7-17-16(24)18-13-5-6-14(23-4-2)15(12-13)25(20,21)19-8-10-22-11-9-19/h3,5-6,12H,1,4,7-11H2,2H3,(H2,17,18,24). The van der Waals surface area contributed by atoms with Gasteiger partial charge in [0.1, 0.15) is 10.6 Å². The topological polar surface area (TPSA) is 79.9 Å². The number of nitrogens with zero attached hydrogens (tertiary/aromatic N) is 1. The van der Waals surface area contributed by atoms with Crippen LogP contribution in [0, 0.1) is 0 Å². The number of sulfonamides is 1. The number of nitrogens with one attached hydrogen (secondary N) is 2. The first-order chi connectivity index (χ1) is 12.0. The van der Waals surface area contributed by atoms with Crippen LogP contribution in [0.25, 0.3) is 0 Å². The normalized spacial score (nSPS) is 15.4. The molecule has 1 heterocycles. The van der Waals surface area contributed by atoms with Gasteiger partial charge in [-0.3, -0.25) is 0 Å². The largest absolute Gasteiger partial charge is 0.492 e. The summed E-state index contributed by atoms with van der Waals surface area (Å²) in [5.41, 5.74) is 0.567. The Balaban J connectivity index is 2.30. The van der Waals surface area contributed by atoms with Crippen LogP contribution in [0.1, 0.15) is 6.92 Å². The summed E-state index contributed by atoms with van der Waals surface area (Å²) in [4.78, 5) is 0.118. The lowest BCUT2D eigenvalue weighted by Crippen LogP contribution is -2.40. The summed E-state index contributed by atoms with van der Waals surface area (Å²) < 4.78 is 38.1. The van der Waals surface area contributed by atoms with E-state index in [4.69, 9.17) is 21.7 Å². The van der Waals surface area contributed by atoms with E-state index in [-0.39, 0.29) is 4.90 Å². The van der Waals surface area contributed by atoms with Crippen LogP contribution in [0.15, 0.2) is 35.7 Å². The monoisotopic (exact) mass is 385 g/mol. The maximum atomic E-state index is 13.0. The van der Waals surface area contributed by atoms with E-state index in [0.29, 0.717) is 56.0 Å². The molecule has 2 N–H and O–H groups in total. The van der Waals surface area contributed by atoms with Crippen LogP contribution in [0.2, 0.25) is 0 Å². The number of benzene rings is 1. The number of ether oxygens (including phenoxy) is 2. The van der Waals surface area contributed by atoms with Crippen LogP contribution in [0.3, 0.4) is 0 Å². The number of anilines is 1. The molecule has 0 radical (unpaired) electrons. The van der Waals surface area contributed by atoms with Crippen molar-refractivity contribution in [2.45, 2.75) is 11.8 Å². The van der Waals surface area contributed by atoms with Gasteiger partial charge >= 0.3 is 0 Å². The van der Waals surface area contributed by atoms with Crippen molar-refractivity contribution in [3.8, 4) is 5.75 Å². The lowest BCUT2D eigenvalue weighted by atomic mass is 10.3. The van der Waals surface area contributed by atoms with Crippen molar-refractivity contribution in [2.75, 3.05) is 44.8 Å². The Morgan fingerprint density at radius 2 is 2.16 bits per heavy atom. The quantitative estimate of drug-likeness (QED) is 0.545. The van der Waals surface area contributed by atoms with Crippen molar-refractivity contribution >= 4 is 33.0 Å². The average molecular weight is 386 g/mol. The molecule has 1 aliphatic heterocycles. The van der Waals surface area contributed by atoms with E-state index in [0.717, 1.165) is 0 Å². The molecule has 1 aromatic carbocycles. The molecule has 0 saturated carbocycles. The molecule has 1 saturated heterocycles. The van der Waals surface area contributed by atoms with Crippen molar-refractivity contribution in [3.63, 3.8) is 0 Å². The van der Waals surface area contributed by atoms with Crippen LogP contribution in [-0.2, 0) is 14.8 Å². The van der Waals surface area contributed by atoms with Gasteiger partial charge in [-0.05, 0) is 37.3 Å². The van der Waals surface area contributed by atoms with Crippen LogP contribution in [0.5, 0.6) is 5.75 Å². The zero-order valence-corrected chi connectivity index (χ0v) is 15.8. The minimum Gasteiger partial charge on any atom is -0.492 e. The smallest absolute Gasteiger partial charge is 0.246 e. The first kappa shape index (κ1) is 19.6. The summed E-state index contributed by atoms with van der Waals surface area (Å²) in [6.45, 7) is 7.73. The zero-order chi connectivity index (χ0) is 18.3. The van der Waals surface area contributed by atoms with Gasteiger partial charge in [0.25, 0.3) is 0 Å². The molecule has 0 amide bonds. The van der Waals surface area contributed by atoms with Crippen LogP contribution < -0.4 is 15.4 Å². The average Bonchev–Trinajstić information content (AvgIpc) is 2.62. The molecular weight excluding hydrogens is 362 g/mol. The highest BCUT2D eigenvalue weighted by atomic mass is 32.2. The molecule has 0 bridgehead atoms. The lowest BCUT2D eigenvalue weighted by molar-refractivity contribution is 0.0729. The molecule has 0 aromatic heterocycles. The SMILES string of the molecule is C=CCNC(=S)Nc1ccc(OCC)c(S(=O)(=O)N2CCOCC2)c1. The highest BCUT2D eigenvalue weighted by molar-refractivity contribution is 7.89. The van der Waals surface area contributed by atoms with Crippen molar-refractivity contribution in [1.82, 2.24) is 9.62 Å². The van der Waals surface area contributed by atoms with Gasteiger partial charge in [-0.1, -0.05) is 6.08 Å². The first-order valence-electron chi connectivity index (χ1n) is 7.99. The second kappa shape index (κ2) is 9.14. The van der Waals surface area contributed by atoms with Gasteiger partial charge < -0.3 is 20.1 Å². The summed E-state index contributed by atoms with van der Waals surface area (Å²) in [7, 11) is -3.68. The molecule has 138 valence electrons. The fraction of sp³-hybridized carbons (Fsp3) is 0.438. The lowest BCUT2D eigenvalue weighted by Gasteiger charge is -2.27. The fourth-order valence-electron chi connectivity index (χ4n) is 2.33. The molecule has 7 nitrogen and oxygen atoms in total. The summed E-state index contributed by atoms with van der Waals surface area (Å²) >= 11 is 5.17. The predicted molar refractivity (Wildman–Crippen MR) is 102 cm³/mol. The highest BCUT2D eigenvalue weighted by Gasteiger charge is 2.29. The van der Waals surface area contributed by atoms with Gasteiger partial charge in [0.05, 0.1) is 19.8 Å². The summed E-state index contributed by atoms with van der Waals surface area (Å²) in [5.74, 6) is 0.324. The molecule has 2 rings (SSSR count). The maximum Gasteiger partial charge on any atom is 0.246 e. The first-order valence-corrected chi connectivity index (χ1v) is 9.84. The minimum absolute atomic E-state index is 0.118. The Labute approximate surface area is 154 Å². The predicted octanol–water partition coefficient (Wildman–Crippen LogP) is 1.58. The number of hydrogen-bond acceptors (Lipinski definition) is 5. The van der Waals surface area contributed by atoms with Gasteiger partial charge in [0.15, 0.2) is 5.11 Å². The fourth-order valence-corrected chi connectivity index (χ4v) is 4.09. The molecule has 0 spiro atoms. The Morgan fingerprint density at radius 1 is 1.44 bits per heavy atom. The van der Waals surface area contributed by atoms with E-state index >= 15 is 0 Å². The molecule has 9 heteroatoms. The van der Waals surface area contributed by atoms with E-state index in [1.165, 1.54) is 10.4 Å². The molecule has 0 unspecified atom stereocenters. The van der Waals surface area contributed by atoms with E-state index in [1.807, 2.05) is 6.92 Å². The van der Waals surface area contributed by atoms with E-state index in [1.54, 1.807) is 18.2 Å². The van der Waals surface area contributed by atoms with Crippen LogP contribution in [0.4, 0.5) is 5.69 Å². The Kier molecular flexibility index (Phi) is 7.18. The van der Waals surface area contributed by atoms with Crippen molar-refractivity contribution in [2.24, 2.45) is 0 Å². The van der Waals surface area contributed by atoms with Gasteiger partial charge in [-0.2, -0.15) is 4.31 Å². The summed E-state index contributed by atoms with van der Waals surface area (Å²) in [6.07, 6.45) is 1.68. The maximum absolute atomic E-state index is 13.0. The Bertz CT molecular complexity index is 716. The van der Waals surface area contributed by atoms with Crippen LogP contribution >= 0.6 is 12.2 Å². The summed E-state index contributed by atoms with van der Waals surface area (Å²) in [5, 5.41) is 6.30. The van der Waals surface area contributed by atoms with Crippen LogP contribution in [-0.4, -0.2) is 57.3 Å². The highest BCUT2D eigenvalue weighted by Crippen LogP contribution is 2.30. The van der Waals surface area contributed by atoms with Crippen molar-refractivity contribution in [3.05, 3.63) is 30.9 Å². The molecule has 1 fully saturated rings. The molecule has 1 aliphatic rings. The molecule has 0 aliphatic carbocycles. The third kappa shape index (κ3) is 5.15. The van der Waals surface area contributed by atoms with Gasteiger partial charge in [0, 0.05) is 25.3 Å². The molecule has 0 atom stereocenters. The third-order valence-corrected chi connectivity index (χ3v) is 5.66. The number of morpholine rings is 1. The number of thiocarbonyl (C=S) groups is 1. The van der Waals surface area contributed by atoms with E-state index in [2.05, 4.69) is 17.2 Å². The zero-order valence-electron chi connectivity index (χ0n) is 14.2. The third-order valence-electron chi connectivity index (χ3n) is 3.50. The van der Waals surface area contributed by atoms with Crippen molar-refractivity contribution in [1.29, 1.82) is 0 Å². The molecule has 1 aromatic rings. The Hall–Kier alpha value is -1.68. The van der Waals surface area contributed by atoms with Crippen molar-refractivity contribution < 1.29 is 17.9 Å². The van der Waals surface area contributed by atoms with Gasteiger partial charge in [-0.15, -0.1) is 6.58 Å². The minimum atomic E-state index is -3.68. The number of hydrogen-bond donors (Lipinski definition) is 2. The van der Waals surface area contributed by atoms with Gasteiger partial charge in [-0.25, -0.2) is 8.42 Å². The van der Waals surface area contributed by atoms with E-state index < -0.39 is 10.0 Å². The van der Waals surface area contributed by atoms with Gasteiger partial charge in [0.2, 0.25) is 10.0 Å². The van der Waals surface area contributed by atoms with E-state index in [9.17, 15) is 8.42 Å². The summed E-state index contributed by atoms with van der Waals surface area (Å²) in [6, 6.07) is 4.90. The second-order valence-corrected chi connectivity index (χ2v) is 7.55. The molecule has 25 heavy (non-hydrogen) atoms. The number of rotatable bonds is 7. The molecular formula is C16H23N3O4S2. The second-order valence-electron chi connectivity index (χ2n) is 5.23.